The molecule has 1 aromatic heterocycles. The fourth-order valence-corrected chi connectivity index (χ4v) is 2.88. The fourth-order valence-electron chi connectivity index (χ4n) is 2.88. The second-order valence-corrected chi connectivity index (χ2v) is 5.58. The number of H-pyrrole nitrogens is 1. The number of carboxylic acid groups (broad SMARTS) is 1. The van der Waals surface area contributed by atoms with Crippen molar-refractivity contribution in [3.05, 3.63) is 64.2 Å². The number of carbonyl (C=O) groups is 1. The summed E-state index contributed by atoms with van der Waals surface area (Å²) in [7, 11) is 0. The number of aryl methyl sites for hydroxylation is 1. The molecule has 3 aromatic rings. The van der Waals surface area contributed by atoms with E-state index >= 15 is 0 Å². The van der Waals surface area contributed by atoms with Crippen LogP contribution in [-0.4, -0.2) is 21.0 Å². The summed E-state index contributed by atoms with van der Waals surface area (Å²) in [5.41, 5.74) is 3.62. The van der Waals surface area contributed by atoms with Gasteiger partial charge in [-0.1, -0.05) is 30.3 Å². The van der Waals surface area contributed by atoms with Crippen LogP contribution < -0.4 is 0 Å². The summed E-state index contributed by atoms with van der Waals surface area (Å²) in [5.74, 6) is -0.845. The van der Waals surface area contributed by atoms with Crippen molar-refractivity contribution < 1.29 is 14.8 Å². The summed E-state index contributed by atoms with van der Waals surface area (Å²) in [6, 6.07) is 14.4. The first-order chi connectivity index (χ1) is 11.6. The van der Waals surface area contributed by atoms with Gasteiger partial charge < -0.3 is 10.1 Å². The second kappa shape index (κ2) is 6.54. The van der Waals surface area contributed by atoms with Gasteiger partial charge in [-0.05, 0) is 30.0 Å². The van der Waals surface area contributed by atoms with E-state index in [0.29, 0.717) is 12.8 Å². The van der Waals surface area contributed by atoms with Crippen molar-refractivity contribution in [2.24, 2.45) is 0 Å². The van der Waals surface area contributed by atoms with Crippen LogP contribution in [0.15, 0.2) is 48.5 Å². The van der Waals surface area contributed by atoms with Crippen LogP contribution in [-0.2, 0) is 11.2 Å². The van der Waals surface area contributed by atoms with Gasteiger partial charge in [-0.2, -0.15) is 0 Å². The number of nitrogens with zero attached hydrogens (tertiary/aromatic N) is 1. The van der Waals surface area contributed by atoms with E-state index in [1.165, 1.54) is 6.07 Å². The highest BCUT2D eigenvalue weighted by molar-refractivity contribution is 5.92. The van der Waals surface area contributed by atoms with Gasteiger partial charge in [-0.15, -0.1) is 0 Å². The van der Waals surface area contributed by atoms with Crippen LogP contribution in [0.2, 0.25) is 0 Å². The smallest absolute Gasteiger partial charge is 0.303 e. The molecule has 122 valence electrons. The molecule has 0 unspecified atom stereocenters. The van der Waals surface area contributed by atoms with Crippen molar-refractivity contribution in [1.29, 1.82) is 0 Å². The zero-order valence-electron chi connectivity index (χ0n) is 12.9. The van der Waals surface area contributed by atoms with E-state index in [1.807, 2.05) is 30.3 Å². The van der Waals surface area contributed by atoms with Crippen LogP contribution in [0.3, 0.4) is 0 Å². The quantitative estimate of drug-likeness (QED) is 0.526. The van der Waals surface area contributed by atoms with E-state index in [4.69, 9.17) is 5.11 Å². The minimum absolute atomic E-state index is 0.0283. The van der Waals surface area contributed by atoms with Crippen molar-refractivity contribution in [3.8, 4) is 11.3 Å². The lowest BCUT2D eigenvalue weighted by Crippen LogP contribution is -1.96. The summed E-state index contributed by atoms with van der Waals surface area (Å²) in [6.45, 7) is 0. The molecular weight excluding hydrogens is 308 g/mol. The van der Waals surface area contributed by atoms with Gasteiger partial charge in [0.15, 0.2) is 0 Å². The predicted octanol–water partition coefficient (Wildman–Crippen LogP) is 4.15. The molecule has 0 saturated carbocycles. The zero-order chi connectivity index (χ0) is 17.1. The fraction of sp³-hybridized carbons (Fsp3) is 0.167. The molecule has 0 fully saturated rings. The number of rotatable bonds is 6. The minimum atomic E-state index is -0.845. The van der Waals surface area contributed by atoms with Gasteiger partial charge in [0.2, 0.25) is 0 Å². The average Bonchev–Trinajstić information content (AvgIpc) is 2.93. The first-order valence-corrected chi connectivity index (χ1v) is 7.62. The molecule has 2 aromatic carbocycles. The summed E-state index contributed by atoms with van der Waals surface area (Å²) in [5, 5.41) is 20.7. The van der Waals surface area contributed by atoms with Crippen molar-refractivity contribution >= 4 is 22.6 Å². The van der Waals surface area contributed by atoms with Gasteiger partial charge in [0.25, 0.3) is 5.69 Å². The summed E-state index contributed by atoms with van der Waals surface area (Å²) in [6.07, 6.45) is 1.08. The SMILES string of the molecule is O=C(O)CCCc1c(-c2ccccc2)[nH]c2ccc([N+](=O)[O-])cc12. The summed E-state index contributed by atoms with van der Waals surface area (Å²) in [4.78, 5) is 24.7. The normalized spacial score (nSPS) is 10.8. The highest BCUT2D eigenvalue weighted by Crippen LogP contribution is 2.33. The number of hydrogen-bond acceptors (Lipinski definition) is 3. The Hall–Kier alpha value is -3.15. The van der Waals surface area contributed by atoms with Gasteiger partial charge in [0.1, 0.15) is 0 Å². The number of nitrogens with one attached hydrogen (secondary N) is 1. The monoisotopic (exact) mass is 324 g/mol. The third kappa shape index (κ3) is 3.12. The third-order valence-corrected chi connectivity index (χ3v) is 3.98. The summed E-state index contributed by atoms with van der Waals surface area (Å²) >= 11 is 0. The van der Waals surface area contributed by atoms with Crippen molar-refractivity contribution in [3.63, 3.8) is 0 Å². The van der Waals surface area contributed by atoms with Crippen LogP contribution in [0.25, 0.3) is 22.2 Å². The van der Waals surface area contributed by atoms with E-state index in [9.17, 15) is 14.9 Å². The molecule has 0 saturated heterocycles. The topological polar surface area (TPSA) is 96.2 Å². The molecule has 2 N–H and O–H groups in total. The molecule has 1 heterocycles. The highest BCUT2D eigenvalue weighted by atomic mass is 16.6. The standard InChI is InChI=1S/C18H16N2O4/c21-17(22)8-4-7-14-15-11-13(20(23)24)9-10-16(15)19-18(14)12-5-2-1-3-6-12/h1-3,5-6,9-11,19H,4,7-8H2,(H,21,22). The molecule has 0 aliphatic carbocycles. The van der Waals surface area contributed by atoms with Crippen LogP contribution in [0, 0.1) is 10.1 Å². The Morgan fingerprint density at radius 1 is 1.17 bits per heavy atom. The van der Waals surface area contributed by atoms with Crippen LogP contribution >= 0.6 is 0 Å². The lowest BCUT2D eigenvalue weighted by Gasteiger charge is -2.04. The largest absolute Gasteiger partial charge is 0.481 e. The number of aromatic nitrogens is 1. The number of nitro groups is 1. The van der Waals surface area contributed by atoms with Crippen molar-refractivity contribution in [1.82, 2.24) is 4.98 Å². The van der Waals surface area contributed by atoms with Crippen LogP contribution in [0.1, 0.15) is 18.4 Å². The highest BCUT2D eigenvalue weighted by Gasteiger charge is 2.16. The lowest BCUT2D eigenvalue weighted by atomic mass is 10.00. The van der Waals surface area contributed by atoms with Gasteiger partial charge in [0, 0.05) is 35.2 Å². The molecule has 0 radical (unpaired) electrons. The van der Waals surface area contributed by atoms with Crippen molar-refractivity contribution in [2.75, 3.05) is 0 Å². The Morgan fingerprint density at radius 3 is 2.58 bits per heavy atom. The molecule has 0 amide bonds. The molecule has 0 bridgehead atoms. The Labute approximate surface area is 137 Å². The van der Waals surface area contributed by atoms with Gasteiger partial charge >= 0.3 is 5.97 Å². The lowest BCUT2D eigenvalue weighted by molar-refractivity contribution is -0.384. The molecule has 0 aliphatic rings. The maximum atomic E-state index is 11.1. The molecule has 6 heteroatoms. The molecule has 0 atom stereocenters. The Bertz CT molecular complexity index is 900. The van der Waals surface area contributed by atoms with Gasteiger partial charge in [-0.25, -0.2) is 0 Å². The number of carboxylic acids is 1. The second-order valence-electron chi connectivity index (χ2n) is 5.58. The molecule has 0 spiro atoms. The molecular formula is C18H16N2O4. The maximum Gasteiger partial charge on any atom is 0.303 e. The first-order valence-electron chi connectivity index (χ1n) is 7.62. The van der Waals surface area contributed by atoms with E-state index < -0.39 is 10.9 Å². The Kier molecular flexibility index (Phi) is 4.29. The summed E-state index contributed by atoms with van der Waals surface area (Å²) < 4.78 is 0. The van der Waals surface area contributed by atoms with Crippen LogP contribution in [0.4, 0.5) is 5.69 Å². The van der Waals surface area contributed by atoms with Gasteiger partial charge in [0.05, 0.1) is 4.92 Å². The van der Waals surface area contributed by atoms with E-state index in [0.717, 1.165) is 27.7 Å². The minimum Gasteiger partial charge on any atom is -0.481 e. The number of hydrogen-bond donors (Lipinski definition) is 2. The molecule has 6 nitrogen and oxygen atoms in total. The predicted molar refractivity (Wildman–Crippen MR) is 91.0 cm³/mol. The Balaban J connectivity index is 2.11. The number of nitro benzene ring substituents is 1. The molecule has 0 aliphatic heterocycles. The number of fused-ring (bicyclic) bond motifs is 1. The van der Waals surface area contributed by atoms with Crippen molar-refractivity contribution in [2.45, 2.75) is 19.3 Å². The Morgan fingerprint density at radius 2 is 1.92 bits per heavy atom. The first kappa shape index (κ1) is 15.7. The average molecular weight is 324 g/mol. The number of non-ortho nitro benzene ring substituents is 1. The number of aliphatic carboxylic acids is 1. The van der Waals surface area contributed by atoms with E-state index in [1.54, 1.807) is 12.1 Å². The van der Waals surface area contributed by atoms with E-state index in [-0.39, 0.29) is 12.1 Å². The molecule has 24 heavy (non-hydrogen) atoms. The van der Waals surface area contributed by atoms with Gasteiger partial charge in [-0.3, -0.25) is 14.9 Å². The number of benzene rings is 2. The molecule has 3 rings (SSSR count). The zero-order valence-corrected chi connectivity index (χ0v) is 12.9. The maximum absolute atomic E-state index is 11.1. The number of aromatic amines is 1. The van der Waals surface area contributed by atoms with E-state index in [2.05, 4.69) is 4.98 Å². The van der Waals surface area contributed by atoms with Crippen LogP contribution in [0.5, 0.6) is 0 Å². The third-order valence-electron chi connectivity index (χ3n) is 3.98.